The summed E-state index contributed by atoms with van der Waals surface area (Å²) in [6, 6.07) is 15.3. The van der Waals surface area contributed by atoms with Crippen LogP contribution in [-0.4, -0.2) is 213 Å². The monoisotopic (exact) mass is 1290 g/mol. The van der Waals surface area contributed by atoms with Crippen LogP contribution < -0.4 is 40.2 Å². The van der Waals surface area contributed by atoms with Crippen molar-refractivity contribution < 1.29 is 99.4 Å². The smallest absolute Gasteiger partial charge is 0.258 e. The molecule has 0 aliphatic heterocycles. The van der Waals surface area contributed by atoms with Crippen molar-refractivity contribution >= 4 is 23.6 Å². The van der Waals surface area contributed by atoms with E-state index in [0.29, 0.717) is 44.5 Å². The first-order valence-corrected chi connectivity index (χ1v) is 30.7. The molecule has 4 aromatic rings. The minimum absolute atomic E-state index is 0.0538. The van der Waals surface area contributed by atoms with Crippen LogP contribution >= 0.6 is 0 Å². The first-order chi connectivity index (χ1) is 43.0. The van der Waals surface area contributed by atoms with Crippen molar-refractivity contribution in [1.29, 1.82) is 0 Å². The molecule has 0 saturated heterocycles. The predicted molar refractivity (Wildman–Crippen MR) is 342 cm³/mol. The third-order valence-electron chi connectivity index (χ3n) is 16.6. The number of aliphatic hydroxyl groups is 12. The summed E-state index contributed by atoms with van der Waals surface area (Å²) in [7, 11) is 0. The van der Waals surface area contributed by atoms with Gasteiger partial charge in [-0.05, 0) is 88.4 Å². The minimum Gasteiger partial charge on any atom is -0.483 e. The van der Waals surface area contributed by atoms with Crippen LogP contribution in [0.1, 0.15) is 150 Å². The highest BCUT2D eigenvalue weighted by Gasteiger charge is 2.36. The number of hydrogen-bond donors (Lipinski definition) is 16. The van der Waals surface area contributed by atoms with Gasteiger partial charge in [-0.3, -0.25) is 19.2 Å². The van der Waals surface area contributed by atoms with Crippen molar-refractivity contribution in [2.45, 2.75) is 153 Å². The third-order valence-corrected chi connectivity index (χ3v) is 16.6. The van der Waals surface area contributed by atoms with E-state index in [0.717, 1.165) is 22.3 Å². The Morgan fingerprint density at radius 3 is 0.522 bits per heavy atom. The van der Waals surface area contributed by atoms with Crippen LogP contribution in [-0.2, 0) is 66.5 Å². The van der Waals surface area contributed by atoms with E-state index in [1.165, 1.54) is 0 Å². The second-order valence-corrected chi connectivity index (χ2v) is 28.6. The lowest BCUT2D eigenvalue weighted by atomic mass is 9.79. The van der Waals surface area contributed by atoms with Crippen molar-refractivity contribution in [2.75, 3.05) is 106 Å². The molecule has 0 radical (unpaired) electrons. The fourth-order valence-corrected chi connectivity index (χ4v) is 10.3. The van der Waals surface area contributed by atoms with E-state index in [1.54, 1.807) is 0 Å². The molecule has 0 saturated carbocycles. The van der Waals surface area contributed by atoms with Gasteiger partial charge in [0, 0.05) is 25.7 Å². The van der Waals surface area contributed by atoms with Gasteiger partial charge in [0.1, 0.15) is 45.2 Å². The summed E-state index contributed by atoms with van der Waals surface area (Å²) in [5, 5.41) is 133. The highest BCUT2D eigenvalue weighted by molar-refractivity contribution is 5.80. The maximum absolute atomic E-state index is 14.1. The van der Waals surface area contributed by atoms with Gasteiger partial charge in [0.25, 0.3) is 23.6 Å². The molecule has 92 heavy (non-hydrogen) atoms. The van der Waals surface area contributed by atoms with Gasteiger partial charge in [-0.2, -0.15) is 0 Å². The SMILES string of the molecule is CC(C)(C)c1cc2c(OCC(=O)NC(CO)(CO)CO)c(c1)Cc1cc(C(C)(C)C)cc(c1OCC(=O)NC(CO)(CO)CO)Cc1cc(C(C)(C)C)cc(c1OCC(=O)NC(CO)(CO)CO)Cc1cc(C(C)(C)C)cc(c1OCC(=O)NC(CO)(CO)CO)C2. The molecule has 4 aromatic carbocycles. The fraction of sp³-hybridized carbons (Fsp3) is 0.588. The molecular formula is C68H100N4O20. The van der Waals surface area contributed by atoms with Gasteiger partial charge in [-0.1, -0.05) is 132 Å². The van der Waals surface area contributed by atoms with Crippen LogP contribution in [0.15, 0.2) is 48.5 Å². The average Bonchev–Trinajstić information content (AvgIpc) is 0.768. The number of carbonyl (C=O) groups excluding carboxylic acids is 4. The van der Waals surface area contributed by atoms with E-state index in [-0.39, 0.29) is 48.7 Å². The van der Waals surface area contributed by atoms with E-state index < -0.39 is 173 Å². The van der Waals surface area contributed by atoms with Crippen molar-refractivity contribution in [3.05, 3.63) is 115 Å². The quantitative estimate of drug-likeness (QED) is 0.0322. The van der Waals surface area contributed by atoms with Crippen LogP contribution in [0.4, 0.5) is 0 Å². The number of hydrogen-bond acceptors (Lipinski definition) is 20. The molecule has 512 valence electrons. The summed E-state index contributed by atoms with van der Waals surface area (Å²) < 4.78 is 26.9. The van der Waals surface area contributed by atoms with E-state index in [9.17, 15) is 80.5 Å². The average molecular weight is 1290 g/mol. The van der Waals surface area contributed by atoms with Gasteiger partial charge in [0.05, 0.1) is 79.3 Å². The van der Waals surface area contributed by atoms with Crippen molar-refractivity contribution in [3.8, 4) is 23.0 Å². The first kappa shape index (κ1) is 76.2. The third kappa shape index (κ3) is 18.9. The molecule has 0 aromatic heterocycles. The fourth-order valence-electron chi connectivity index (χ4n) is 10.3. The van der Waals surface area contributed by atoms with Gasteiger partial charge in [-0.15, -0.1) is 0 Å². The molecule has 0 spiro atoms. The Kier molecular flexibility index (Phi) is 25.8. The standard InChI is InChI=1S/C68H100N4O20/c1-61(2,3)49-17-41-13-43-19-50(62(4,5)6)21-45(58(43)90-26-54(86)70-66(32-76,33-77)34-78)15-47-23-52(64(10,11)12)24-48(60(47)92-28-56(88)72-68(38-82,39-83)40-84)16-46-22-51(63(7,8)9)20-44(59(46)91-27-55(87)71-67(35-79,36-80)37-81)14-42(18-49)57(41)89-25-53(85)69-65(29-73,30-74)31-75/h17-24,73-84H,13-16,25-40H2,1-12H3,(H,69,85)(H,70,86)(H,71,87)(H,72,88). The second-order valence-electron chi connectivity index (χ2n) is 28.6. The van der Waals surface area contributed by atoms with Crippen LogP contribution in [0.2, 0.25) is 0 Å². The van der Waals surface area contributed by atoms with E-state index in [4.69, 9.17) is 18.9 Å². The summed E-state index contributed by atoms with van der Waals surface area (Å²) in [6.45, 7) is 11.3. The summed E-state index contributed by atoms with van der Waals surface area (Å²) in [5.74, 6) is -2.57. The van der Waals surface area contributed by atoms with Crippen molar-refractivity contribution in [3.63, 3.8) is 0 Å². The maximum Gasteiger partial charge on any atom is 0.258 e. The molecule has 1 aliphatic carbocycles. The number of carbonyl (C=O) groups is 4. The Morgan fingerprint density at radius 1 is 0.283 bits per heavy atom. The predicted octanol–water partition coefficient (Wildman–Crippen LogP) is 0.396. The zero-order valence-corrected chi connectivity index (χ0v) is 55.4. The molecule has 0 unspecified atom stereocenters. The van der Waals surface area contributed by atoms with E-state index in [2.05, 4.69) is 21.3 Å². The Labute approximate surface area is 538 Å². The molecule has 16 N–H and O–H groups in total. The number of ether oxygens (including phenoxy) is 4. The maximum atomic E-state index is 14.1. The molecule has 24 nitrogen and oxygen atoms in total. The lowest BCUT2D eigenvalue weighted by molar-refractivity contribution is -0.128. The Balaban J connectivity index is 2.06. The van der Waals surface area contributed by atoms with E-state index >= 15 is 0 Å². The van der Waals surface area contributed by atoms with Gasteiger partial charge in [0.15, 0.2) is 26.4 Å². The topological polar surface area (TPSA) is 396 Å². The highest BCUT2D eigenvalue weighted by atomic mass is 16.5. The Bertz CT molecular complexity index is 2650. The molecule has 0 fully saturated rings. The van der Waals surface area contributed by atoms with Gasteiger partial charge < -0.3 is 101 Å². The van der Waals surface area contributed by atoms with Crippen molar-refractivity contribution in [1.82, 2.24) is 21.3 Å². The molecule has 4 amide bonds. The Morgan fingerprint density at radius 2 is 0.413 bits per heavy atom. The van der Waals surface area contributed by atoms with E-state index in [1.807, 2.05) is 132 Å². The summed E-state index contributed by atoms with van der Waals surface area (Å²) >= 11 is 0. The van der Waals surface area contributed by atoms with Crippen LogP contribution in [0.25, 0.3) is 0 Å². The molecular weight excluding hydrogens is 1190 g/mol. The van der Waals surface area contributed by atoms with Crippen LogP contribution in [0, 0.1) is 0 Å². The molecule has 5 rings (SSSR count). The molecule has 0 heterocycles. The second kappa shape index (κ2) is 31.1. The number of nitrogens with one attached hydrogen (secondary N) is 4. The highest BCUT2D eigenvalue weighted by Crippen LogP contribution is 2.45. The first-order valence-electron chi connectivity index (χ1n) is 30.7. The van der Waals surface area contributed by atoms with Gasteiger partial charge in [0.2, 0.25) is 0 Å². The Hall–Kier alpha value is -6.52. The molecule has 24 heteroatoms. The lowest BCUT2D eigenvalue weighted by Crippen LogP contribution is -2.58. The zero-order valence-electron chi connectivity index (χ0n) is 55.4. The van der Waals surface area contributed by atoms with Gasteiger partial charge in [-0.25, -0.2) is 0 Å². The van der Waals surface area contributed by atoms with Crippen LogP contribution in [0.5, 0.6) is 23.0 Å². The number of fused-ring (bicyclic) bond motifs is 8. The largest absolute Gasteiger partial charge is 0.483 e. The molecule has 8 bridgehead atoms. The minimum atomic E-state index is -1.83. The number of amides is 4. The lowest BCUT2D eigenvalue weighted by Gasteiger charge is -2.31. The summed E-state index contributed by atoms with van der Waals surface area (Å²) in [4.78, 5) is 56.3. The van der Waals surface area contributed by atoms with Crippen LogP contribution in [0.3, 0.4) is 0 Å². The normalized spacial score (nSPS) is 13.5. The molecule has 1 aliphatic rings. The van der Waals surface area contributed by atoms with Gasteiger partial charge >= 0.3 is 0 Å². The number of rotatable bonds is 28. The molecule has 0 atom stereocenters. The summed E-state index contributed by atoms with van der Waals surface area (Å²) in [5.41, 5.74) is -2.70. The number of aliphatic hydroxyl groups excluding tert-OH is 12. The van der Waals surface area contributed by atoms with Crippen molar-refractivity contribution in [2.24, 2.45) is 0 Å². The summed E-state index contributed by atoms with van der Waals surface area (Å²) in [6.07, 6.45) is -0.215. The zero-order chi connectivity index (χ0) is 69.0. The number of benzene rings is 4.